The van der Waals surface area contributed by atoms with Crippen molar-refractivity contribution in [3.63, 3.8) is 0 Å². The fourth-order valence-electron chi connectivity index (χ4n) is 1.81. The molecule has 1 saturated heterocycles. The van der Waals surface area contributed by atoms with E-state index in [2.05, 4.69) is 4.72 Å². The van der Waals surface area contributed by atoms with Gasteiger partial charge < -0.3 is 4.74 Å². The molecule has 0 amide bonds. The van der Waals surface area contributed by atoms with E-state index < -0.39 is 10.0 Å². The van der Waals surface area contributed by atoms with Crippen LogP contribution in [0.25, 0.3) is 10.8 Å². The van der Waals surface area contributed by atoms with Gasteiger partial charge in [0.2, 0.25) is 10.0 Å². The summed E-state index contributed by atoms with van der Waals surface area (Å²) in [7, 11) is -3.44. The van der Waals surface area contributed by atoms with Crippen LogP contribution in [0.15, 0.2) is 47.4 Å². The van der Waals surface area contributed by atoms with Gasteiger partial charge in [-0.15, -0.1) is 0 Å². The van der Waals surface area contributed by atoms with Crippen molar-refractivity contribution in [2.45, 2.75) is 11.0 Å². The molecule has 0 bridgehead atoms. The largest absolute Gasteiger partial charge is 0.372 e. The molecule has 1 heterocycles. The van der Waals surface area contributed by atoms with Gasteiger partial charge in [0.25, 0.3) is 0 Å². The second kappa shape index (κ2) is 4.35. The van der Waals surface area contributed by atoms with Gasteiger partial charge in [-0.3, -0.25) is 0 Å². The smallest absolute Gasteiger partial charge is 0.240 e. The molecule has 2 aromatic carbocycles. The molecule has 0 saturated carbocycles. The van der Waals surface area contributed by atoms with E-state index in [1.807, 2.05) is 30.3 Å². The maximum atomic E-state index is 12.0. The van der Waals surface area contributed by atoms with Crippen LogP contribution in [-0.4, -0.2) is 27.7 Å². The Kier molecular flexibility index (Phi) is 2.81. The van der Waals surface area contributed by atoms with Gasteiger partial charge in [0.15, 0.2) is 0 Å². The average Bonchev–Trinajstić information content (AvgIpc) is 3.20. The Morgan fingerprint density at radius 3 is 2.61 bits per heavy atom. The molecular formula is C13H13NO3S. The van der Waals surface area contributed by atoms with E-state index in [4.69, 9.17) is 4.74 Å². The summed E-state index contributed by atoms with van der Waals surface area (Å²) < 4.78 is 31.6. The lowest BCUT2D eigenvalue weighted by Gasteiger charge is -2.06. The predicted octanol–water partition coefficient (Wildman–Crippen LogP) is 1.52. The minimum absolute atomic E-state index is 0.0419. The van der Waals surface area contributed by atoms with E-state index in [-0.39, 0.29) is 6.10 Å². The highest BCUT2D eigenvalue weighted by Crippen LogP contribution is 2.19. The van der Waals surface area contributed by atoms with Gasteiger partial charge >= 0.3 is 0 Å². The lowest BCUT2D eigenvalue weighted by atomic mass is 10.1. The molecule has 0 radical (unpaired) electrons. The van der Waals surface area contributed by atoms with E-state index >= 15 is 0 Å². The van der Waals surface area contributed by atoms with Crippen molar-refractivity contribution in [2.24, 2.45) is 0 Å². The third-order valence-corrected chi connectivity index (χ3v) is 4.36. The molecule has 2 aromatic rings. The van der Waals surface area contributed by atoms with Gasteiger partial charge in [-0.1, -0.05) is 30.3 Å². The van der Waals surface area contributed by atoms with Crippen molar-refractivity contribution >= 4 is 20.8 Å². The molecular weight excluding hydrogens is 250 g/mol. The van der Waals surface area contributed by atoms with Crippen LogP contribution in [0.3, 0.4) is 0 Å². The summed E-state index contributed by atoms with van der Waals surface area (Å²) in [5.41, 5.74) is 0. The fourth-order valence-corrected chi connectivity index (χ4v) is 2.91. The zero-order chi connectivity index (χ0) is 12.6. The molecule has 18 heavy (non-hydrogen) atoms. The SMILES string of the molecule is O=S(=O)(NC[C@H]1CO1)c1ccc2ccccc2c1. The number of ether oxygens (including phenoxy) is 1. The van der Waals surface area contributed by atoms with Crippen LogP contribution >= 0.6 is 0 Å². The van der Waals surface area contributed by atoms with Gasteiger partial charge in [0.1, 0.15) is 0 Å². The number of hydrogen-bond acceptors (Lipinski definition) is 3. The molecule has 0 aromatic heterocycles. The van der Waals surface area contributed by atoms with E-state index in [0.29, 0.717) is 18.0 Å². The highest BCUT2D eigenvalue weighted by atomic mass is 32.2. The average molecular weight is 263 g/mol. The van der Waals surface area contributed by atoms with Crippen LogP contribution in [0, 0.1) is 0 Å². The van der Waals surface area contributed by atoms with Crippen molar-refractivity contribution in [3.05, 3.63) is 42.5 Å². The lowest BCUT2D eigenvalue weighted by Crippen LogP contribution is -2.27. The third-order valence-electron chi connectivity index (χ3n) is 2.93. The summed E-state index contributed by atoms with van der Waals surface area (Å²) in [5, 5.41) is 1.95. The second-order valence-electron chi connectivity index (χ2n) is 4.32. The fraction of sp³-hybridized carbons (Fsp3) is 0.231. The Hall–Kier alpha value is -1.43. The van der Waals surface area contributed by atoms with Gasteiger partial charge in [0.05, 0.1) is 17.6 Å². The minimum Gasteiger partial charge on any atom is -0.372 e. The third kappa shape index (κ3) is 2.38. The van der Waals surface area contributed by atoms with Gasteiger partial charge in [0, 0.05) is 6.54 Å². The molecule has 5 heteroatoms. The van der Waals surface area contributed by atoms with Crippen LogP contribution in [0.2, 0.25) is 0 Å². The summed E-state index contributed by atoms with van der Waals surface area (Å²) >= 11 is 0. The van der Waals surface area contributed by atoms with Crippen molar-refractivity contribution in [1.29, 1.82) is 0 Å². The number of hydrogen-bond donors (Lipinski definition) is 1. The Morgan fingerprint density at radius 1 is 1.17 bits per heavy atom. The number of sulfonamides is 1. The van der Waals surface area contributed by atoms with Crippen LogP contribution in [0.1, 0.15) is 0 Å². The van der Waals surface area contributed by atoms with Gasteiger partial charge in [-0.05, 0) is 22.9 Å². The van der Waals surface area contributed by atoms with E-state index in [9.17, 15) is 8.42 Å². The topological polar surface area (TPSA) is 58.7 Å². The van der Waals surface area contributed by atoms with Gasteiger partial charge in [-0.25, -0.2) is 13.1 Å². The zero-order valence-corrected chi connectivity index (χ0v) is 10.5. The lowest BCUT2D eigenvalue weighted by molar-refractivity contribution is 0.406. The molecule has 94 valence electrons. The highest BCUT2D eigenvalue weighted by molar-refractivity contribution is 7.89. The molecule has 0 spiro atoms. The number of rotatable bonds is 4. The molecule has 1 N–H and O–H groups in total. The molecule has 1 aliphatic heterocycles. The van der Waals surface area contributed by atoms with Crippen LogP contribution < -0.4 is 4.72 Å². The van der Waals surface area contributed by atoms with Crippen molar-refractivity contribution in [1.82, 2.24) is 4.72 Å². The predicted molar refractivity (Wildman–Crippen MR) is 68.9 cm³/mol. The number of fused-ring (bicyclic) bond motifs is 1. The summed E-state index contributed by atoms with van der Waals surface area (Å²) in [6.45, 7) is 0.982. The van der Waals surface area contributed by atoms with Crippen LogP contribution in [-0.2, 0) is 14.8 Å². The second-order valence-corrected chi connectivity index (χ2v) is 6.08. The molecule has 1 fully saturated rings. The Labute approximate surface area is 106 Å². The first-order valence-corrected chi connectivity index (χ1v) is 7.23. The molecule has 1 aliphatic rings. The summed E-state index contributed by atoms with van der Waals surface area (Å²) in [6.07, 6.45) is 0.0419. The van der Waals surface area contributed by atoms with Crippen LogP contribution in [0.5, 0.6) is 0 Å². The summed E-state index contributed by atoms with van der Waals surface area (Å²) in [6, 6.07) is 12.8. The maximum absolute atomic E-state index is 12.0. The molecule has 0 aliphatic carbocycles. The first-order chi connectivity index (χ1) is 8.65. The number of epoxide rings is 1. The molecule has 3 rings (SSSR count). The van der Waals surface area contributed by atoms with Gasteiger partial charge in [-0.2, -0.15) is 0 Å². The maximum Gasteiger partial charge on any atom is 0.240 e. The Bertz CT molecular complexity index is 677. The molecule has 0 unspecified atom stereocenters. The van der Waals surface area contributed by atoms with Crippen molar-refractivity contribution in [3.8, 4) is 0 Å². The van der Waals surface area contributed by atoms with E-state index in [1.165, 1.54) is 0 Å². The van der Waals surface area contributed by atoms with Crippen LogP contribution in [0.4, 0.5) is 0 Å². The number of nitrogens with one attached hydrogen (secondary N) is 1. The number of benzene rings is 2. The molecule has 4 nitrogen and oxygen atoms in total. The summed E-state index contributed by atoms with van der Waals surface area (Å²) in [5.74, 6) is 0. The van der Waals surface area contributed by atoms with E-state index in [1.54, 1.807) is 12.1 Å². The Balaban J connectivity index is 1.92. The normalized spacial score (nSPS) is 19.0. The van der Waals surface area contributed by atoms with Crippen molar-refractivity contribution in [2.75, 3.05) is 13.2 Å². The first kappa shape index (κ1) is 11.6. The zero-order valence-electron chi connectivity index (χ0n) is 9.67. The van der Waals surface area contributed by atoms with Crippen molar-refractivity contribution < 1.29 is 13.2 Å². The van der Waals surface area contributed by atoms with E-state index in [0.717, 1.165) is 10.8 Å². The molecule has 1 atom stereocenters. The minimum atomic E-state index is -3.44. The summed E-state index contributed by atoms with van der Waals surface area (Å²) in [4.78, 5) is 0.293. The highest BCUT2D eigenvalue weighted by Gasteiger charge is 2.25. The Morgan fingerprint density at radius 2 is 1.89 bits per heavy atom. The standard InChI is InChI=1S/C13H13NO3S/c15-18(16,14-8-12-9-17-12)13-6-5-10-3-1-2-4-11(10)7-13/h1-7,12,14H,8-9H2/t12-/m0/s1. The quantitative estimate of drug-likeness (QED) is 0.851. The first-order valence-electron chi connectivity index (χ1n) is 5.75. The monoisotopic (exact) mass is 263 g/mol.